The summed E-state index contributed by atoms with van der Waals surface area (Å²) in [7, 11) is 0. The maximum absolute atomic E-state index is 12.9. The van der Waals surface area contributed by atoms with Crippen LogP contribution >= 0.6 is 0 Å². The molecule has 0 aromatic heterocycles. The van der Waals surface area contributed by atoms with Crippen LogP contribution in [0.25, 0.3) is 0 Å². The van der Waals surface area contributed by atoms with Crippen molar-refractivity contribution in [1.82, 2.24) is 4.90 Å². The van der Waals surface area contributed by atoms with Crippen molar-refractivity contribution in [1.29, 1.82) is 0 Å². The number of likely N-dealkylation sites (tertiary alicyclic amines) is 1. The first kappa shape index (κ1) is 20.7. The summed E-state index contributed by atoms with van der Waals surface area (Å²) in [6.07, 6.45) is 2.43. The maximum Gasteiger partial charge on any atom is 0.321 e. The van der Waals surface area contributed by atoms with Crippen molar-refractivity contribution in [2.24, 2.45) is 0 Å². The van der Waals surface area contributed by atoms with Crippen LogP contribution in [0, 0.1) is 0 Å². The molecule has 0 aliphatic carbocycles. The Balaban J connectivity index is 1.44. The van der Waals surface area contributed by atoms with E-state index in [1.54, 1.807) is 6.07 Å². The number of anilines is 2. The molecule has 3 aromatic carbocycles. The van der Waals surface area contributed by atoms with Gasteiger partial charge in [0.05, 0.1) is 0 Å². The first-order valence-corrected chi connectivity index (χ1v) is 10.7. The van der Waals surface area contributed by atoms with E-state index in [1.807, 2.05) is 59.5 Å². The van der Waals surface area contributed by atoms with Gasteiger partial charge in [0.25, 0.3) is 0 Å². The second-order valence-electron chi connectivity index (χ2n) is 7.83. The smallest absolute Gasteiger partial charge is 0.321 e. The van der Waals surface area contributed by atoms with Gasteiger partial charge in [0.2, 0.25) is 5.91 Å². The summed E-state index contributed by atoms with van der Waals surface area (Å²) < 4.78 is 0. The van der Waals surface area contributed by atoms with Gasteiger partial charge in [-0.1, -0.05) is 66.7 Å². The fourth-order valence-electron chi connectivity index (χ4n) is 3.99. The molecular formula is C26H27N3O2. The SMILES string of the molecule is O=C(CC(c1ccccc1)c1ccccc1)Nc1cccc(NC(=O)N2CCCC2)c1. The zero-order valence-electron chi connectivity index (χ0n) is 17.5. The van der Waals surface area contributed by atoms with E-state index < -0.39 is 0 Å². The van der Waals surface area contributed by atoms with Gasteiger partial charge in [-0.2, -0.15) is 0 Å². The molecule has 2 N–H and O–H groups in total. The Morgan fingerprint density at radius 1 is 0.742 bits per heavy atom. The molecule has 0 atom stereocenters. The van der Waals surface area contributed by atoms with E-state index in [2.05, 4.69) is 34.9 Å². The van der Waals surface area contributed by atoms with E-state index in [0.717, 1.165) is 37.1 Å². The Labute approximate surface area is 183 Å². The van der Waals surface area contributed by atoms with Crippen LogP contribution in [0.2, 0.25) is 0 Å². The van der Waals surface area contributed by atoms with Crippen LogP contribution in [-0.2, 0) is 4.79 Å². The fourth-order valence-corrected chi connectivity index (χ4v) is 3.99. The number of carbonyl (C=O) groups excluding carboxylic acids is 2. The quantitative estimate of drug-likeness (QED) is 0.562. The van der Waals surface area contributed by atoms with E-state index in [-0.39, 0.29) is 17.9 Å². The molecule has 0 unspecified atom stereocenters. The normalized spacial score (nSPS) is 13.3. The standard InChI is InChI=1S/C26H27N3O2/c30-25(19-24(20-10-3-1-4-11-20)21-12-5-2-6-13-21)27-22-14-9-15-23(18-22)28-26(31)29-16-7-8-17-29/h1-6,9-15,18,24H,7-8,16-17,19H2,(H,27,30)(H,28,31). The lowest BCUT2D eigenvalue weighted by Gasteiger charge is -2.18. The second kappa shape index (κ2) is 9.94. The largest absolute Gasteiger partial charge is 0.326 e. The lowest BCUT2D eigenvalue weighted by molar-refractivity contribution is -0.116. The third kappa shape index (κ3) is 5.51. The maximum atomic E-state index is 12.9. The molecule has 31 heavy (non-hydrogen) atoms. The number of nitrogens with zero attached hydrogens (tertiary/aromatic N) is 1. The van der Waals surface area contributed by atoms with E-state index in [1.165, 1.54) is 0 Å². The molecule has 1 aliphatic rings. The van der Waals surface area contributed by atoms with Crippen molar-refractivity contribution in [2.75, 3.05) is 23.7 Å². The topological polar surface area (TPSA) is 61.4 Å². The van der Waals surface area contributed by atoms with Gasteiger partial charge in [-0.05, 0) is 42.2 Å². The summed E-state index contributed by atoms with van der Waals surface area (Å²) in [5.74, 6) is -0.0961. The second-order valence-corrected chi connectivity index (χ2v) is 7.83. The lowest BCUT2D eigenvalue weighted by Crippen LogP contribution is -2.32. The Morgan fingerprint density at radius 3 is 1.87 bits per heavy atom. The van der Waals surface area contributed by atoms with E-state index >= 15 is 0 Å². The number of carbonyl (C=O) groups is 2. The zero-order chi connectivity index (χ0) is 21.5. The van der Waals surface area contributed by atoms with Crippen molar-refractivity contribution < 1.29 is 9.59 Å². The monoisotopic (exact) mass is 413 g/mol. The molecule has 5 nitrogen and oxygen atoms in total. The molecule has 5 heteroatoms. The van der Waals surface area contributed by atoms with Crippen LogP contribution in [0.4, 0.5) is 16.2 Å². The molecule has 4 rings (SSSR count). The molecule has 1 heterocycles. The number of hydrogen-bond donors (Lipinski definition) is 2. The van der Waals surface area contributed by atoms with Crippen molar-refractivity contribution in [3.8, 4) is 0 Å². The van der Waals surface area contributed by atoms with Gasteiger partial charge in [-0.15, -0.1) is 0 Å². The Hall–Kier alpha value is -3.60. The third-order valence-corrected chi connectivity index (χ3v) is 5.58. The Morgan fingerprint density at radius 2 is 1.29 bits per heavy atom. The van der Waals surface area contributed by atoms with Crippen molar-refractivity contribution in [3.63, 3.8) is 0 Å². The van der Waals surface area contributed by atoms with Crippen molar-refractivity contribution >= 4 is 23.3 Å². The number of amides is 3. The summed E-state index contributed by atoms with van der Waals surface area (Å²) in [6, 6.07) is 27.4. The first-order chi connectivity index (χ1) is 15.2. The summed E-state index contributed by atoms with van der Waals surface area (Å²) in [5.41, 5.74) is 3.56. The van der Waals surface area contributed by atoms with Crippen molar-refractivity contribution in [2.45, 2.75) is 25.2 Å². The van der Waals surface area contributed by atoms with Crippen LogP contribution in [0.5, 0.6) is 0 Å². The fraction of sp³-hybridized carbons (Fsp3) is 0.231. The third-order valence-electron chi connectivity index (χ3n) is 5.58. The van der Waals surface area contributed by atoms with E-state index in [0.29, 0.717) is 17.8 Å². The van der Waals surface area contributed by atoms with E-state index in [4.69, 9.17) is 0 Å². The van der Waals surface area contributed by atoms with Gasteiger partial charge in [0, 0.05) is 36.8 Å². The molecule has 0 bridgehead atoms. The van der Waals surface area contributed by atoms with Crippen LogP contribution in [0.15, 0.2) is 84.9 Å². The van der Waals surface area contributed by atoms with Gasteiger partial charge in [0.1, 0.15) is 0 Å². The average molecular weight is 414 g/mol. The minimum Gasteiger partial charge on any atom is -0.326 e. The molecule has 0 spiro atoms. The highest BCUT2D eigenvalue weighted by molar-refractivity contribution is 5.94. The molecule has 0 saturated carbocycles. The number of nitrogens with one attached hydrogen (secondary N) is 2. The summed E-state index contributed by atoms with van der Waals surface area (Å²) in [5, 5.41) is 5.92. The van der Waals surface area contributed by atoms with Gasteiger partial charge in [-0.3, -0.25) is 4.79 Å². The lowest BCUT2D eigenvalue weighted by atomic mass is 9.88. The van der Waals surface area contributed by atoms with Gasteiger partial charge >= 0.3 is 6.03 Å². The molecule has 1 fully saturated rings. The van der Waals surface area contributed by atoms with Gasteiger partial charge in [0.15, 0.2) is 0 Å². The molecule has 1 aliphatic heterocycles. The number of benzene rings is 3. The summed E-state index contributed by atoms with van der Waals surface area (Å²) in [4.78, 5) is 27.1. The number of rotatable bonds is 6. The van der Waals surface area contributed by atoms with Crippen molar-refractivity contribution in [3.05, 3.63) is 96.1 Å². The van der Waals surface area contributed by atoms with Crippen LogP contribution < -0.4 is 10.6 Å². The zero-order valence-corrected chi connectivity index (χ0v) is 17.5. The summed E-state index contributed by atoms with van der Waals surface area (Å²) >= 11 is 0. The highest BCUT2D eigenvalue weighted by Crippen LogP contribution is 2.28. The molecule has 0 radical (unpaired) electrons. The molecule has 3 amide bonds. The number of hydrogen-bond acceptors (Lipinski definition) is 2. The molecule has 1 saturated heterocycles. The average Bonchev–Trinajstić information content (AvgIpc) is 3.34. The minimum atomic E-state index is -0.0887. The minimum absolute atomic E-state index is 0.0274. The van der Waals surface area contributed by atoms with Gasteiger partial charge in [-0.25, -0.2) is 4.79 Å². The summed E-state index contributed by atoms with van der Waals surface area (Å²) in [6.45, 7) is 1.59. The molecular weight excluding hydrogens is 386 g/mol. The van der Waals surface area contributed by atoms with Gasteiger partial charge < -0.3 is 15.5 Å². The number of urea groups is 1. The predicted molar refractivity (Wildman–Crippen MR) is 124 cm³/mol. The molecule has 3 aromatic rings. The molecule has 158 valence electrons. The highest BCUT2D eigenvalue weighted by atomic mass is 16.2. The first-order valence-electron chi connectivity index (χ1n) is 10.7. The Kier molecular flexibility index (Phi) is 6.62. The Bertz CT molecular complexity index is 976. The van der Waals surface area contributed by atoms with Crippen LogP contribution in [-0.4, -0.2) is 29.9 Å². The van der Waals surface area contributed by atoms with E-state index in [9.17, 15) is 9.59 Å². The van der Waals surface area contributed by atoms with Crippen LogP contribution in [0.3, 0.4) is 0 Å². The van der Waals surface area contributed by atoms with Crippen LogP contribution in [0.1, 0.15) is 36.3 Å². The highest BCUT2D eigenvalue weighted by Gasteiger charge is 2.19. The predicted octanol–water partition coefficient (Wildman–Crippen LogP) is 5.48.